The van der Waals surface area contributed by atoms with Crippen molar-refractivity contribution in [2.24, 2.45) is 0 Å². The summed E-state index contributed by atoms with van der Waals surface area (Å²) in [6, 6.07) is 14.7. The van der Waals surface area contributed by atoms with Crippen molar-refractivity contribution in [3.05, 3.63) is 69.8 Å². The third kappa shape index (κ3) is 4.29. The van der Waals surface area contributed by atoms with Crippen LogP contribution in [0.1, 0.15) is 11.1 Å². The highest BCUT2D eigenvalue weighted by molar-refractivity contribution is 5.33. The molecule has 0 saturated carbocycles. The SMILES string of the molecule is COc1ccccc1CC[NH2+]Cc1ccc([N+](=O)[O-])cc1. The molecule has 2 aromatic rings. The standard InChI is InChI=1S/C16H18N2O3/c1-21-16-5-3-2-4-14(16)10-11-17-12-13-6-8-15(9-7-13)18(19)20/h2-9,17H,10-12H2,1H3/p+1. The van der Waals surface area contributed by atoms with Crippen molar-refractivity contribution in [1.82, 2.24) is 0 Å². The Morgan fingerprint density at radius 1 is 1.14 bits per heavy atom. The summed E-state index contributed by atoms with van der Waals surface area (Å²) in [6.07, 6.45) is 0.928. The molecule has 2 N–H and O–H groups in total. The van der Waals surface area contributed by atoms with E-state index in [4.69, 9.17) is 4.74 Å². The Morgan fingerprint density at radius 3 is 2.52 bits per heavy atom. The Balaban J connectivity index is 1.80. The van der Waals surface area contributed by atoms with Crippen LogP contribution in [0.3, 0.4) is 0 Å². The van der Waals surface area contributed by atoms with Gasteiger partial charge in [-0.2, -0.15) is 0 Å². The Hall–Kier alpha value is -2.40. The van der Waals surface area contributed by atoms with Gasteiger partial charge in [-0.1, -0.05) is 18.2 Å². The van der Waals surface area contributed by atoms with E-state index in [1.165, 1.54) is 5.56 Å². The number of methoxy groups -OCH3 is 1. The fourth-order valence-corrected chi connectivity index (χ4v) is 2.19. The second kappa shape index (κ2) is 7.40. The molecule has 21 heavy (non-hydrogen) atoms. The molecule has 0 spiro atoms. The molecule has 0 saturated heterocycles. The number of non-ortho nitro benzene ring substituents is 1. The molecule has 0 aromatic heterocycles. The quantitative estimate of drug-likeness (QED) is 0.480. The molecule has 2 aromatic carbocycles. The van der Waals surface area contributed by atoms with Crippen LogP contribution in [0.2, 0.25) is 0 Å². The lowest BCUT2D eigenvalue weighted by Crippen LogP contribution is -2.83. The number of nitrogens with two attached hydrogens (primary N) is 1. The van der Waals surface area contributed by atoms with Gasteiger partial charge in [-0.15, -0.1) is 0 Å². The average Bonchev–Trinajstić information content (AvgIpc) is 2.52. The van der Waals surface area contributed by atoms with Crippen molar-refractivity contribution in [3.63, 3.8) is 0 Å². The third-order valence-electron chi connectivity index (χ3n) is 3.34. The zero-order valence-corrected chi connectivity index (χ0v) is 12.0. The van der Waals surface area contributed by atoms with Gasteiger partial charge in [-0.3, -0.25) is 10.1 Å². The molecule has 5 heteroatoms. The minimum atomic E-state index is -0.380. The number of rotatable bonds is 7. The minimum Gasteiger partial charge on any atom is -0.496 e. The maximum absolute atomic E-state index is 10.6. The number of para-hydroxylation sites is 1. The van der Waals surface area contributed by atoms with Crippen LogP contribution < -0.4 is 10.1 Å². The van der Waals surface area contributed by atoms with Gasteiger partial charge < -0.3 is 10.1 Å². The van der Waals surface area contributed by atoms with Gasteiger partial charge in [0, 0.05) is 24.1 Å². The van der Waals surface area contributed by atoms with E-state index in [-0.39, 0.29) is 10.6 Å². The van der Waals surface area contributed by atoms with E-state index in [1.54, 1.807) is 31.4 Å². The monoisotopic (exact) mass is 287 g/mol. The topological polar surface area (TPSA) is 69.0 Å². The van der Waals surface area contributed by atoms with Gasteiger partial charge in [0.25, 0.3) is 5.69 Å². The van der Waals surface area contributed by atoms with E-state index in [0.29, 0.717) is 0 Å². The Bertz CT molecular complexity index is 597. The first-order chi connectivity index (χ1) is 10.2. The minimum absolute atomic E-state index is 0.132. The molecule has 0 unspecified atom stereocenters. The number of hydrogen-bond donors (Lipinski definition) is 1. The van der Waals surface area contributed by atoms with Gasteiger partial charge in [0.1, 0.15) is 12.3 Å². The van der Waals surface area contributed by atoms with E-state index < -0.39 is 0 Å². The van der Waals surface area contributed by atoms with Crippen LogP contribution >= 0.6 is 0 Å². The summed E-state index contributed by atoms with van der Waals surface area (Å²) < 4.78 is 5.32. The van der Waals surface area contributed by atoms with Crippen LogP contribution in [0.4, 0.5) is 5.69 Å². The highest BCUT2D eigenvalue weighted by atomic mass is 16.6. The average molecular weight is 287 g/mol. The zero-order valence-electron chi connectivity index (χ0n) is 12.0. The third-order valence-corrected chi connectivity index (χ3v) is 3.34. The summed E-state index contributed by atoms with van der Waals surface area (Å²) in [5.41, 5.74) is 2.41. The lowest BCUT2D eigenvalue weighted by molar-refractivity contribution is -0.670. The first-order valence-electron chi connectivity index (χ1n) is 6.87. The predicted octanol–water partition coefficient (Wildman–Crippen LogP) is 1.91. The summed E-state index contributed by atoms with van der Waals surface area (Å²) in [5.74, 6) is 0.918. The first kappa shape index (κ1) is 15.0. The fraction of sp³-hybridized carbons (Fsp3) is 0.250. The van der Waals surface area contributed by atoms with Crippen LogP contribution in [-0.2, 0) is 13.0 Å². The fourth-order valence-electron chi connectivity index (χ4n) is 2.19. The molecule has 0 atom stereocenters. The summed E-state index contributed by atoms with van der Waals surface area (Å²) in [5, 5.41) is 12.8. The summed E-state index contributed by atoms with van der Waals surface area (Å²) in [4.78, 5) is 10.2. The summed E-state index contributed by atoms with van der Waals surface area (Å²) in [7, 11) is 1.68. The maximum Gasteiger partial charge on any atom is 0.269 e. The molecule has 0 aliphatic rings. The van der Waals surface area contributed by atoms with Crippen LogP contribution in [-0.4, -0.2) is 18.6 Å². The van der Waals surface area contributed by atoms with E-state index in [2.05, 4.69) is 11.4 Å². The lowest BCUT2D eigenvalue weighted by atomic mass is 10.1. The van der Waals surface area contributed by atoms with Crippen LogP contribution in [0, 0.1) is 10.1 Å². The van der Waals surface area contributed by atoms with E-state index in [0.717, 1.165) is 30.8 Å². The molecular formula is C16H19N2O3+. The van der Waals surface area contributed by atoms with Crippen molar-refractivity contribution >= 4 is 5.69 Å². The van der Waals surface area contributed by atoms with E-state index >= 15 is 0 Å². The van der Waals surface area contributed by atoms with E-state index in [9.17, 15) is 10.1 Å². The number of quaternary nitrogens is 1. The first-order valence-corrected chi connectivity index (χ1v) is 6.87. The Kier molecular flexibility index (Phi) is 5.29. The van der Waals surface area contributed by atoms with Crippen LogP contribution in [0.25, 0.3) is 0 Å². The largest absolute Gasteiger partial charge is 0.496 e. The number of benzene rings is 2. The van der Waals surface area contributed by atoms with Gasteiger partial charge in [-0.05, 0) is 23.8 Å². The molecule has 110 valence electrons. The van der Waals surface area contributed by atoms with Crippen LogP contribution in [0.5, 0.6) is 5.75 Å². The van der Waals surface area contributed by atoms with Crippen molar-refractivity contribution in [2.45, 2.75) is 13.0 Å². The maximum atomic E-state index is 10.6. The Labute approximate surface area is 123 Å². The summed E-state index contributed by atoms with van der Waals surface area (Å²) in [6.45, 7) is 1.75. The van der Waals surface area contributed by atoms with Crippen molar-refractivity contribution in [2.75, 3.05) is 13.7 Å². The molecule has 5 nitrogen and oxygen atoms in total. The Morgan fingerprint density at radius 2 is 1.86 bits per heavy atom. The molecule has 2 rings (SSSR count). The van der Waals surface area contributed by atoms with Gasteiger partial charge in [0.2, 0.25) is 0 Å². The molecule has 0 bridgehead atoms. The van der Waals surface area contributed by atoms with Crippen molar-refractivity contribution < 1.29 is 15.0 Å². The predicted molar refractivity (Wildman–Crippen MR) is 80.3 cm³/mol. The summed E-state index contributed by atoms with van der Waals surface area (Å²) >= 11 is 0. The van der Waals surface area contributed by atoms with Gasteiger partial charge >= 0.3 is 0 Å². The van der Waals surface area contributed by atoms with Gasteiger partial charge in [0.05, 0.1) is 18.6 Å². The number of nitro benzene ring substituents is 1. The number of hydrogen-bond acceptors (Lipinski definition) is 3. The molecule has 0 fully saturated rings. The molecule has 0 aliphatic carbocycles. The van der Waals surface area contributed by atoms with Crippen molar-refractivity contribution in [1.29, 1.82) is 0 Å². The second-order valence-corrected chi connectivity index (χ2v) is 4.77. The van der Waals surface area contributed by atoms with Crippen LogP contribution in [0.15, 0.2) is 48.5 Å². The second-order valence-electron chi connectivity index (χ2n) is 4.77. The number of nitro groups is 1. The molecule has 0 heterocycles. The molecule has 0 radical (unpaired) electrons. The molecular weight excluding hydrogens is 268 g/mol. The van der Waals surface area contributed by atoms with E-state index in [1.807, 2.05) is 18.2 Å². The zero-order chi connectivity index (χ0) is 15.1. The van der Waals surface area contributed by atoms with Gasteiger partial charge in [-0.25, -0.2) is 0 Å². The highest BCUT2D eigenvalue weighted by Gasteiger charge is 2.05. The number of ether oxygens (including phenoxy) is 1. The smallest absolute Gasteiger partial charge is 0.269 e. The normalized spacial score (nSPS) is 10.3. The lowest BCUT2D eigenvalue weighted by Gasteiger charge is -2.07. The molecule has 0 aliphatic heterocycles. The molecule has 0 amide bonds. The van der Waals surface area contributed by atoms with Crippen molar-refractivity contribution in [3.8, 4) is 5.75 Å². The highest BCUT2D eigenvalue weighted by Crippen LogP contribution is 2.16. The van der Waals surface area contributed by atoms with Gasteiger partial charge in [0.15, 0.2) is 0 Å². The number of nitrogens with zero attached hydrogens (tertiary/aromatic N) is 1.